The second kappa shape index (κ2) is 6.63. The highest BCUT2D eigenvalue weighted by Gasteiger charge is 2.24. The maximum absolute atomic E-state index is 4.90. The molecule has 3 aromatic rings. The summed E-state index contributed by atoms with van der Waals surface area (Å²) in [6, 6.07) is 6.07. The second-order valence-electron chi connectivity index (χ2n) is 6.55. The molecule has 1 aliphatic rings. The van der Waals surface area contributed by atoms with Gasteiger partial charge >= 0.3 is 0 Å². The minimum Gasteiger partial charge on any atom is -0.356 e. The Morgan fingerprint density at radius 1 is 1.12 bits per heavy atom. The third kappa shape index (κ3) is 3.12. The van der Waals surface area contributed by atoms with E-state index in [1.165, 1.54) is 0 Å². The Morgan fingerprint density at radius 2 is 2.04 bits per heavy atom. The van der Waals surface area contributed by atoms with Gasteiger partial charge in [0.1, 0.15) is 17.3 Å². The highest BCUT2D eigenvalue weighted by atomic mass is 15.2. The maximum atomic E-state index is 4.90. The van der Waals surface area contributed by atoms with Crippen LogP contribution in [0.2, 0.25) is 0 Å². The van der Waals surface area contributed by atoms with E-state index in [0.717, 1.165) is 54.7 Å². The summed E-state index contributed by atoms with van der Waals surface area (Å²) in [6.07, 6.45) is 9.71. The summed E-state index contributed by atoms with van der Waals surface area (Å²) < 4.78 is 2.05. The van der Waals surface area contributed by atoms with Gasteiger partial charge in [-0.2, -0.15) is 0 Å². The second-order valence-corrected chi connectivity index (χ2v) is 6.55. The van der Waals surface area contributed by atoms with Crippen molar-refractivity contribution in [1.82, 2.24) is 24.5 Å². The highest BCUT2D eigenvalue weighted by Crippen LogP contribution is 2.29. The van der Waals surface area contributed by atoms with Crippen LogP contribution in [0.4, 0.5) is 5.82 Å². The smallest absolute Gasteiger partial charge is 0.128 e. The SMILES string of the molecule is Cc1ncc(-c2cncc([C@@H]3CCCN(c4ccccn4)C3)n2)n1C. The van der Waals surface area contributed by atoms with Crippen LogP contribution in [-0.2, 0) is 7.05 Å². The van der Waals surface area contributed by atoms with E-state index in [-0.39, 0.29) is 0 Å². The first-order chi connectivity index (χ1) is 12.2. The number of rotatable bonds is 3. The summed E-state index contributed by atoms with van der Waals surface area (Å²) >= 11 is 0. The van der Waals surface area contributed by atoms with Crippen LogP contribution >= 0.6 is 0 Å². The molecule has 1 aliphatic heterocycles. The van der Waals surface area contributed by atoms with E-state index >= 15 is 0 Å². The van der Waals surface area contributed by atoms with Gasteiger partial charge in [0, 0.05) is 38.4 Å². The average Bonchev–Trinajstić information content (AvgIpc) is 3.01. The molecular formula is C19H22N6. The number of hydrogen-bond donors (Lipinski definition) is 0. The van der Waals surface area contributed by atoms with Gasteiger partial charge in [-0.25, -0.2) is 15.0 Å². The van der Waals surface area contributed by atoms with E-state index in [0.29, 0.717) is 5.92 Å². The van der Waals surface area contributed by atoms with Gasteiger partial charge in [-0.05, 0) is 31.9 Å². The predicted octanol–water partition coefficient (Wildman–Crippen LogP) is 2.96. The molecule has 0 aromatic carbocycles. The van der Waals surface area contributed by atoms with Crippen molar-refractivity contribution in [3.05, 3.63) is 54.5 Å². The molecular weight excluding hydrogens is 312 g/mol. The number of aryl methyl sites for hydroxylation is 1. The predicted molar refractivity (Wildman–Crippen MR) is 97.4 cm³/mol. The molecule has 0 aliphatic carbocycles. The molecule has 0 saturated carbocycles. The quantitative estimate of drug-likeness (QED) is 0.737. The Morgan fingerprint density at radius 3 is 2.80 bits per heavy atom. The summed E-state index contributed by atoms with van der Waals surface area (Å²) in [5.41, 5.74) is 2.94. The van der Waals surface area contributed by atoms with Crippen LogP contribution < -0.4 is 4.90 Å². The molecule has 0 amide bonds. The Balaban J connectivity index is 1.59. The van der Waals surface area contributed by atoms with E-state index in [2.05, 4.69) is 30.5 Å². The molecule has 6 heteroatoms. The van der Waals surface area contributed by atoms with Crippen LogP contribution in [0.1, 0.15) is 30.3 Å². The molecule has 0 radical (unpaired) electrons. The highest BCUT2D eigenvalue weighted by molar-refractivity contribution is 5.53. The summed E-state index contributed by atoms with van der Waals surface area (Å²) in [7, 11) is 2.01. The van der Waals surface area contributed by atoms with Crippen molar-refractivity contribution < 1.29 is 0 Å². The Kier molecular flexibility index (Phi) is 4.17. The molecule has 0 N–H and O–H groups in total. The zero-order valence-corrected chi connectivity index (χ0v) is 14.6. The van der Waals surface area contributed by atoms with Crippen molar-refractivity contribution >= 4 is 5.82 Å². The zero-order valence-electron chi connectivity index (χ0n) is 14.6. The number of imidazole rings is 1. The van der Waals surface area contributed by atoms with E-state index in [9.17, 15) is 0 Å². The van der Waals surface area contributed by atoms with E-state index in [1.807, 2.05) is 50.9 Å². The summed E-state index contributed by atoms with van der Waals surface area (Å²) in [5.74, 6) is 2.39. The standard InChI is InChI=1S/C19H22N6/c1-14-22-12-18(24(14)2)17-11-20-10-16(23-17)15-6-5-9-25(13-15)19-7-3-4-8-21-19/h3-4,7-8,10-12,15H,5-6,9,13H2,1-2H3/t15-/m1/s1. The average molecular weight is 334 g/mol. The Hall–Kier alpha value is -2.76. The van der Waals surface area contributed by atoms with Crippen LogP contribution in [0.25, 0.3) is 11.4 Å². The van der Waals surface area contributed by atoms with Crippen molar-refractivity contribution in [2.75, 3.05) is 18.0 Å². The molecule has 3 aromatic heterocycles. The Bertz CT molecular complexity index is 857. The van der Waals surface area contributed by atoms with Gasteiger partial charge in [0.25, 0.3) is 0 Å². The van der Waals surface area contributed by atoms with Gasteiger partial charge in [0.15, 0.2) is 0 Å². The topological polar surface area (TPSA) is 59.7 Å². The van der Waals surface area contributed by atoms with Crippen molar-refractivity contribution in [2.45, 2.75) is 25.7 Å². The van der Waals surface area contributed by atoms with E-state index in [4.69, 9.17) is 4.98 Å². The van der Waals surface area contributed by atoms with Gasteiger partial charge in [-0.1, -0.05) is 6.07 Å². The fourth-order valence-electron chi connectivity index (χ4n) is 3.41. The van der Waals surface area contributed by atoms with Gasteiger partial charge < -0.3 is 9.47 Å². The third-order valence-electron chi connectivity index (χ3n) is 4.95. The summed E-state index contributed by atoms with van der Waals surface area (Å²) in [5, 5.41) is 0. The fourth-order valence-corrected chi connectivity index (χ4v) is 3.41. The minimum absolute atomic E-state index is 0.373. The molecule has 1 saturated heterocycles. The molecule has 25 heavy (non-hydrogen) atoms. The van der Waals surface area contributed by atoms with Crippen LogP contribution in [-0.4, -0.2) is 37.6 Å². The fraction of sp³-hybridized carbons (Fsp3) is 0.368. The molecule has 4 rings (SSSR count). The zero-order chi connectivity index (χ0) is 17.2. The van der Waals surface area contributed by atoms with E-state index < -0.39 is 0 Å². The molecule has 0 bridgehead atoms. The van der Waals surface area contributed by atoms with Crippen molar-refractivity contribution in [3.8, 4) is 11.4 Å². The van der Waals surface area contributed by atoms with Gasteiger partial charge in [-0.15, -0.1) is 0 Å². The minimum atomic E-state index is 0.373. The van der Waals surface area contributed by atoms with Crippen LogP contribution in [0.5, 0.6) is 0 Å². The molecule has 0 unspecified atom stereocenters. The van der Waals surface area contributed by atoms with Crippen molar-refractivity contribution in [2.24, 2.45) is 7.05 Å². The van der Waals surface area contributed by atoms with Crippen molar-refractivity contribution in [3.63, 3.8) is 0 Å². The van der Waals surface area contributed by atoms with Crippen molar-refractivity contribution in [1.29, 1.82) is 0 Å². The monoisotopic (exact) mass is 334 g/mol. The molecule has 128 valence electrons. The van der Waals surface area contributed by atoms with Crippen LogP contribution in [0.3, 0.4) is 0 Å². The lowest BCUT2D eigenvalue weighted by atomic mass is 9.95. The van der Waals surface area contributed by atoms with Crippen LogP contribution in [0, 0.1) is 6.92 Å². The van der Waals surface area contributed by atoms with Gasteiger partial charge in [0.2, 0.25) is 0 Å². The molecule has 0 spiro atoms. The Labute approximate surface area is 147 Å². The first-order valence-corrected chi connectivity index (χ1v) is 8.69. The number of nitrogens with zero attached hydrogens (tertiary/aromatic N) is 6. The number of piperidine rings is 1. The molecule has 1 atom stereocenters. The summed E-state index contributed by atoms with van der Waals surface area (Å²) in [4.78, 5) is 20.5. The normalized spacial score (nSPS) is 17.7. The van der Waals surface area contributed by atoms with Gasteiger partial charge in [-0.3, -0.25) is 4.98 Å². The number of aromatic nitrogens is 5. The first kappa shape index (κ1) is 15.7. The lowest BCUT2D eigenvalue weighted by Crippen LogP contribution is -2.35. The number of hydrogen-bond acceptors (Lipinski definition) is 5. The lowest BCUT2D eigenvalue weighted by molar-refractivity contribution is 0.497. The van der Waals surface area contributed by atoms with Crippen LogP contribution in [0.15, 0.2) is 43.0 Å². The molecule has 4 heterocycles. The number of anilines is 1. The number of pyridine rings is 1. The van der Waals surface area contributed by atoms with Gasteiger partial charge in [0.05, 0.1) is 23.8 Å². The first-order valence-electron chi connectivity index (χ1n) is 8.69. The molecule has 1 fully saturated rings. The molecule has 6 nitrogen and oxygen atoms in total. The maximum Gasteiger partial charge on any atom is 0.128 e. The third-order valence-corrected chi connectivity index (χ3v) is 4.95. The lowest BCUT2D eigenvalue weighted by Gasteiger charge is -2.33. The largest absolute Gasteiger partial charge is 0.356 e. The summed E-state index contributed by atoms with van der Waals surface area (Å²) in [6.45, 7) is 3.97. The van der Waals surface area contributed by atoms with E-state index in [1.54, 1.807) is 0 Å².